The second-order valence-electron chi connectivity index (χ2n) is 9.47. The molecular weight excluding hydrogens is 466 g/mol. The van der Waals surface area contributed by atoms with E-state index in [1.807, 2.05) is 0 Å². The van der Waals surface area contributed by atoms with Crippen molar-refractivity contribution in [2.75, 3.05) is 26.7 Å². The minimum absolute atomic E-state index is 0.170. The van der Waals surface area contributed by atoms with Gasteiger partial charge in [-0.3, -0.25) is 14.4 Å². The average molecular weight is 508 g/mol. The third-order valence-electron chi connectivity index (χ3n) is 5.28. The Hall–Kier alpha value is -3.30. The number of hydrogen-bond donors (Lipinski definition) is 3. The summed E-state index contributed by atoms with van der Waals surface area (Å²) < 4.78 is 9.79. The number of benzene rings is 1. The van der Waals surface area contributed by atoms with Gasteiger partial charge >= 0.3 is 12.1 Å². The molecule has 0 saturated carbocycles. The summed E-state index contributed by atoms with van der Waals surface area (Å²) in [5.74, 6) is -2.01. The maximum Gasteiger partial charge on any atom is 0.408 e. The Kier molecular flexibility index (Phi) is 13.4. The first-order chi connectivity index (χ1) is 17.0. The molecule has 0 aliphatic heterocycles. The molecule has 0 spiro atoms. The van der Waals surface area contributed by atoms with Crippen molar-refractivity contribution in [3.05, 3.63) is 29.8 Å². The zero-order chi connectivity index (χ0) is 27.1. The molecule has 3 N–H and O–H groups in total. The van der Waals surface area contributed by atoms with Gasteiger partial charge in [0, 0.05) is 12.1 Å². The van der Waals surface area contributed by atoms with Crippen LogP contribution < -0.4 is 10.6 Å². The Balaban J connectivity index is 3.16. The summed E-state index contributed by atoms with van der Waals surface area (Å²) in [6.07, 6.45) is 5.01. The van der Waals surface area contributed by atoms with Gasteiger partial charge in [0.15, 0.2) is 0 Å². The summed E-state index contributed by atoms with van der Waals surface area (Å²) in [4.78, 5) is 51.6. The first-order valence-electron chi connectivity index (χ1n) is 12.4. The van der Waals surface area contributed by atoms with Gasteiger partial charge in [0.25, 0.3) is 0 Å². The van der Waals surface area contributed by atoms with Crippen molar-refractivity contribution in [1.29, 1.82) is 0 Å². The molecule has 202 valence electrons. The first-order valence-corrected chi connectivity index (χ1v) is 12.4. The highest BCUT2D eigenvalue weighted by Gasteiger charge is 2.33. The van der Waals surface area contributed by atoms with Gasteiger partial charge in [-0.2, -0.15) is 0 Å². The van der Waals surface area contributed by atoms with Crippen LogP contribution in [0.5, 0.6) is 5.75 Å². The summed E-state index contributed by atoms with van der Waals surface area (Å²) in [6, 6.07) is 4.98. The van der Waals surface area contributed by atoms with Crippen LogP contribution in [-0.4, -0.2) is 66.2 Å². The van der Waals surface area contributed by atoms with Crippen molar-refractivity contribution in [1.82, 2.24) is 15.5 Å². The van der Waals surface area contributed by atoms with Gasteiger partial charge in [0.2, 0.25) is 11.8 Å². The topological polar surface area (TPSA) is 134 Å². The maximum atomic E-state index is 13.3. The second kappa shape index (κ2) is 15.6. The van der Waals surface area contributed by atoms with Crippen LogP contribution in [0.2, 0.25) is 0 Å². The van der Waals surface area contributed by atoms with E-state index in [1.54, 1.807) is 39.0 Å². The molecule has 0 aromatic heterocycles. The number of phenols is 1. The fourth-order valence-electron chi connectivity index (χ4n) is 3.52. The minimum Gasteiger partial charge on any atom is -0.508 e. The highest BCUT2D eigenvalue weighted by atomic mass is 16.6. The molecule has 1 atom stereocenters. The zero-order valence-corrected chi connectivity index (χ0v) is 22.1. The molecule has 1 unspecified atom stereocenters. The lowest BCUT2D eigenvalue weighted by Gasteiger charge is -2.32. The SMILES string of the molecule is CCCCCCCCN(C(=O)CNC(=O)OC(C)(C)C)C(C(=O)NCC(=O)OC)c1ccccc1O. The number of carbonyl (C=O) groups is 4. The molecule has 1 aromatic carbocycles. The Morgan fingerprint density at radius 1 is 0.972 bits per heavy atom. The number of amides is 3. The van der Waals surface area contributed by atoms with Crippen LogP contribution in [0.1, 0.15) is 77.8 Å². The van der Waals surface area contributed by atoms with Crippen LogP contribution in [0.4, 0.5) is 4.79 Å². The number of alkyl carbamates (subject to hydrolysis) is 1. The molecule has 10 heteroatoms. The molecule has 3 amide bonds. The van der Waals surface area contributed by atoms with E-state index in [1.165, 1.54) is 18.1 Å². The number of nitrogens with one attached hydrogen (secondary N) is 2. The smallest absolute Gasteiger partial charge is 0.408 e. The molecule has 0 fully saturated rings. The summed E-state index contributed by atoms with van der Waals surface area (Å²) in [7, 11) is 1.20. The number of carbonyl (C=O) groups excluding carboxylic acids is 4. The van der Waals surface area contributed by atoms with E-state index in [0.29, 0.717) is 6.42 Å². The van der Waals surface area contributed by atoms with Crippen LogP contribution in [0.25, 0.3) is 0 Å². The third-order valence-corrected chi connectivity index (χ3v) is 5.28. The standard InChI is InChI=1S/C26H41N3O7/c1-6-7-8-9-10-13-16-29(21(31)17-28-25(34)36-26(2,3)4)23(19-14-11-12-15-20(19)30)24(33)27-18-22(32)35-5/h11-12,14-15,23,30H,6-10,13,16-18H2,1-5H3,(H,27,33)(H,28,34). The van der Waals surface area contributed by atoms with E-state index < -0.39 is 48.6 Å². The van der Waals surface area contributed by atoms with Crippen LogP contribution in [0.15, 0.2) is 24.3 Å². The molecule has 1 rings (SSSR count). The maximum absolute atomic E-state index is 13.3. The zero-order valence-electron chi connectivity index (χ0n) is 22.1. The monoisotopic (exact) mass is 507 g/mol. The van der Waals surface area contributed by atoms with Gasteiger partial charge in [-0.05, 0) is 33.3 Å². The van der Waals surface area contributed by atoms with Gasteiger partial charge < -0.3 is 30.1 Å². The van der Waals surface area contributed by atoms with E-state index in [9.17, 15) is 24.3 Å². The van der Waals surface area contributed by atoms with Crippen LogP contribution in [0, 0.1) is 0 Å². The number of hydrogen-bond acceptors (Lipinski definition) is 7. The lowest BCUT2D eigenvalue weighted by Crippen LogP contribution is -2.48. The van der Waals surface area contributed by atoms with Crippen LogP contribution in [-0.2, 0) is 23.9 Å². The van der Waals surface area contributed by atoms with Crippen LogP contribution >= 0.6 is 0 Å². The van der Waals surface area contributed by atoms with Crippen molar-refractivity contribution in [2.45, 2.75) is 77.9 Å². The van der Waals surface area contributed by atoms with E-state index in [0.717, 1.165) is 32.1 Å². The molecule has 0 saturated heterocycles. The quantitative estimate of drug-likeness (QED) is 0.259. The number of para-hydroxylation sites is 1. The number of rotatable bonds is 14. The molecule has 0 heterocycles. The van der Waals surface area contributed by atoms with Crippen LogP contribution in [0.3, 0.4) is 0 Å². The van der Waals surface area contributed by atoms with Gasteiger partial charge in [0.1, 0.15) is 30.5 Å². The molecule has 0 bridgehead atoms. The van der Waals surface area contributed by atoms with Crippen molar-refractivity contribution in [2.24, 2.45) is 0 Å². The average Bonchev–Trinajstić information content (AvgIpc) is 2.82. The minimum atomic E-state index is -1.22. The first kappa shape index (κ1) is 30.7. The van der Waals surface area contributed by atoms with Crippen molar-refractivity contribution < 1.29 is 33.8 Å². The Morgan fingerprint density at radius 3 is 2.22 bits per heavy atom. The van der Waals surface area contributed by atoms with Crippen molar-refractivity contribution >= 4 is 23.9 Å². The number of methoxy groups -OCH3 is 1. The number of nitrogens with zero attached hydrogens (tertiary/aromatic N) is 1. The van der Waals surface area contributed by atoms with Gasteiger partial charge in [-0.25, -0.2) is 4.79 Å². The summed E-state index contributed by atoms with van der Waals surface area (Å²) in [5.41, 5.74) is -0.534. The summed E-state index contributed by atoms with van der Waals surface area (Å²) in [5, 5.41) is 15.4. The van der Waals surface area contributed by atoms with Gasteiger partial charge in [-0.1, -0.05) is 57.2 Å². The lowest BCUT2D eigenvalue weighted by molar-refractivity contribution is -0.143. The number of unbranched alkanes of at least 4 members (excludes halogenated alkanes) is 5. The normalized spacial score (nSPS) is 11.8. The number of aromatic hydroxyl groups is 1. The molecular formula is C26H41N3O7. The van der Waals surface area contributed by atoms with E-state index >= 15 is 0 Å². The second-order valence-corrected chi connectivity index (χ2v) is 9.47. The predicted octanol–water partition coefficient (Wildman–Crippen LogP) is 3.44. The third kappa shape index (κ3) is 11.4. The fourth-order valence-corrected chi connectivity index (χ4v) is 3.52. The molecule has 0 radical (unpaired) electrons. The molecule has 0 aliphatic rings. The Labute approximate surface area is 213 Å². The highest BCUT2D eigenvalue weighted by molar-refractivity contribution is 5.92. The number of ether oxygens (including phenoxy) is 2. The molecule has 36 heavy (non-hydrogen) atoms. The fraction of sp³-hybridized carbons (Fsp3) is 0.615. The Bertz CT molecular complexity index is 867. The number of esters is 1. The van der Waals surface area contributed by atoms with Gasteiger partial charge in [-0.15, -0.1) is 0 Å². The van der Waals surface area contributed by atoms with E-state index in [2.05, 4.69) is 22.3 Å². The summed E-state index contributed by atoms with van der Waals surface area (Å²) in [6.45, 7) is 6.67. The van der Waals surface area contributed by atoms with E-state index in [4.69, 9.17) is 4.74 Å². The van der Waals surface area contributed by atoms with E-state index in [-0.39, 0.29) is 17.9 Å². The molecule has 10 nitrogen and oxygen atoms in total. The molecule has 0 aliphatic carbocycles. The highest BCUT2D eigenvalue weighted by Crippen LogP contribution is 2.29. The van der Waals surface area contributed by atoms with Gasteiger partial charge in [0.05, 0.1) is 7.11 Å². The predicted molar refractivity (Wildman–Crippen MR) is 135 cm³/mol. The number of phenolic OH excluding ortho intramolecular Hbond substituents is 1. The largest absolute Gasteiger partial charge is 0.508 e. The Morgan fingerprint density at radius 2 is 1.61 bits per heavy atom. The van der Waals surface area contributed by atoms with Crippen molar-refractivity contribution in [3.8, 4) is 5.75 Å². The molecule has 1 aromatic rings. The lowest BCUT2D eigenvalue weighted by atomic mass is 10.0. The van der Waals surface area contributed by atoms with Crippen molar-refractivity contribution in [3.63, 3.8) is 0 Å². The summed E-state index contributed by atoms with van der Waals surface area (Å²) >= 11 is 0.